The Morgan fingerprint density at radius 2 is 1.61 bits per heavy atom. The monoisotopic (exact) mass is 509 g/mol. The molecule has 0 radical (unpaired) electrons. The van der Waals surface area contributed by atoms with Crippen molar-refractivity contribution in [2.75, 3.05) is 12.4 Å². The fourth-order valence-corrected chi connectivity index (χ4v) is 4.28. The molecule has 33 heavy (non-hydrogen) atoms. The van der Waals surface area contributed by atoms with Gasteiger partial charge in [-0.25, -0.2) is 4.79 Å². The molecule has 0 heterocycles. The van der Waals surface area contributed by atoms with Crippen molar-refractivity contribution in [3.05, 3.63) is 81.3 Å². The van der Waals surface area contributed by atoms with Crippen molar-refractivity contribution in [3.63, 3.8) is 0 Å². The zero-order valence-corrected chi connectivity index (χ0v) is 22.0. The van der Waals surface area contributed by atoms with E-state index in [0.717, 1.165) is 43.7 Å². The van der Waals surface area contributed by atoms with Gasteiger partial charge in [-0.15, -0.1) is 0 Å². The maximum atomic E-state index is 13.0. The molecule has 1 atom stereocenters. The number of hydrogen-bond donors (Lipinski definition) is 1. The minimum atomic E-state index is -0.869. The van der Waals surface area contributed by atoms with Crippen molar-refractivity contribution < 1.29 is 14.3 Å². The van der Waals surface area contributed by atoms with Gasteiger partial charge in [0.25, 0.3) is 0 Å². The van der Waals surface area contributed by atoms with Crippen LogP contribution in [0.2, 0.25) is 0 Å². The first-order chi connectivity index (χ1) is 15.5. The molecule has 3 rings (SSSR count). The van der Waals surface area contributed by atoms with Gasteiger partial charge in [-0.2, -0.15) is 0 Å². The fraction of sp³-hybridized carbons (Fsp3) is 0.321. The smallest absolute Gasteiger partial charge is 0.339 e. The van der Waals surface area contributed by atoms with Crippen LogP contribution in [0.15, 0.2) is 59.1 Å². The van der Waals surface area contributed by atoms with Crippen molar-refractivity contribution >= 4 is 33.3 Å². The number of para-hydroxylation sites is 1. The van der Waals surface area contributed by atoms with Crippen molar-refractivity contribution in [2.24, 2.45) is 0 Å². The maximum absolute atomic E-state index is 13.0. The second-order valence-corrected chi connectivity index (χ2v) is 10.1. The zero-order valence-electron chi connectivity index (χ0n) is 20.4. The number of esters is 1. The van der Waals surface area contributed by atoms with Gasteiger partial charge in [0, 0.05) is 15.7 Å². The Hall–Kier alpha value is -2.63. The van der Waals surface area contributed by atoms with E-state index in [2.05, 4.69) is 65.4 Å². The molecule has 0 amide bonds. The molecule has 4 nitrogen and oxygen atoms in total. The van der Waals surface area contributed by atoms with Gasteiger partial charge in [0.15, 0.2) is 6.10 Å². The number of carbonyl (C=O) groups is 1. The first-order valence-electron chi connectivity index (χ1n) is 11.0. The summed E-state index contributed by atoms with van der Waals surface area (Å²) in [6.07, 6.45) is -0.869. The lowest BCUT2D eigenvalue weighted by Gasteiger charge is -2.30. The number of aryl methyl sites for hydroxylation is 2. The number of anilines is 2. The van der Waals surface area contributed by atoms with E-state index in [-0.39, 0.29) is 0 Å². The summed E-state index contributed by atoms with van der Waals surface area (Å²) in [5, 5.41) is 3.53. The molecule has 0 bridgehead atoms. The SMILES string of the molecule is COC(=O)[C@@H](OC(C)(C)C)c1c(C)c(Nc2ccccc2Br)cc(C)c1-c1ccc(C)cc1. The Morgan fingerprint density at radius 3 is 2.18 bits per heavy atom. The van der Waals surface area contributed by atoms with Crippen LogP contribution in [-0.4, -0.2) is 18.7 Å². The van der Waals surface area contributed by atoms with E-state index < -0.39 is 17.7 Å². The summed E-state index contributed by atoms with van der Waals surface area (Å²) in [5.41, 5.74) is 7.31. The molecule has 0 aliphatic carbocycles. The summed E-state index contributed by atoms with van der Waals surface area (Å²) in [5.74, 6) is -0.418. The standard InChI is InChI=1S/C28H32BrNO3/c1-17-12-14-20(15-13-17)24-18(2)16-23(30-22-11-9-8-10-21(22)29)19(3)25(24)26(27(31)32-7)33-28(4,5)6/h8-16,26,30H,1-7H3/t26-/m0/s1. The average molecular weight is 510 g/mol. The second-order valence-electron chi connectivity index (χ2n) is 9.26. The van der Waals surface area contributed by atoms with E-state index in [0.29, 0.717) is 0 Å². The first kappa shape index (κ1) is 25.0. The normalized spacial score (nSPS) is 12.4. The molecule has 0 aliphatic heterocycles. The van der Waals surface area contributed by atoms with Crippen LogP contribution in [0.1, 0.15) is 49.1 Å². The van der Waals surface area contributed by atoms with Gasteiger partial charge in [-0.3, -0.25) is 0 Å². The number of hydrogen-bond acceptors (Lipinski definition) is 4. The third kappa shape index (κ3) is 5.84. The quantitative estimate of drug-likeness (QED) is 0.344. The molecule has 0 saturated carbocycles. The van der Waals surface area contributed by atoms with Gasteiger partial charge in [0.05, 0.1) is 18.4 Å². The minimum absolute atomic E-state index is 0.418. The molecule has 3 aromatic rings. The van der Waals surface area contributed by atoms with Crippen molar-refractivity contribution in [2.45, 2.75) is 53.2 Å². The van der Waals surface area contributed by atoms with E-state index in [1.165, 1.54) is 12.7 Å². The lowest BCUT2D eigenvalue weighted by atomic mass is 9.87. The topological polar surface area (TPSA) is 47.6 Å². The van der Waals surface area contributed by atoms with Crippen LogP contribution in [0.5, 0.6) is 0 Å². The van der Waals surface area contributed by atoms with Gasteiger partial charge in [0.2, 0.25) is 0 Å². The van der Waals surface area contributed by atoms with E-state index in [1.54, 1.807) is 0 Å². The summed E-state index contributed by atoms with van der Waals surface area (Å²) in [6, 6.07) is 18.4. The molecule has 0 aliphatic rings. The number of carbonyl (C=O) groups excluding carboxylic acids is 1. The van der Waals surface area contributed by atoms with Crippen LogP contribution < -0.4 is 5.32 Å². The van der Waals surface area contributed by atoms with E-state index >= 15 is 0 Å². The molecule has 5 heteroatoms. The molecule has 0 unspecified atom stereocenters. The van der Waals surface area contributed by atoms with Crippen molar-refractivity contribution in [1.29, 1.82) is 0 Å². The predicted octanol–water partition coefficient (Wildman–Crippen LogP) is 7.81. The number of benzene rings is 3. The molecular formula is C28H32BrNO3. The molecule has 0 aromatic heterocycles. The Bertz CT molecular complexity index is 1150. The van der Waals surface area contributed by atoms with Gasteiger partial charge in [-0.05, 0) is 97.9 Å². The van der Waals surface area contributed by atoms with Gasteiger partial charge in [-0.1, -0.05) is 42.0 Å². The highest BCUT2D eigenvalue weighted by molar-refractivity contribution is 9.10. The molecule has 0 spiro atoms. The Kier molecular flexibility index (Phi) is 7.65. The number of methoxy groups -OCH3 is 1. The van der Waals surface area contributed by atoms with Crippen LogP contribution in [0, 0.1) is 20.8 Å². The summed E-state index contributed by atoms with van der Waals surface area (Å²) in [4.78, 5) is 13.0. The number of halogens is 1. The van der Waals surface area contributed by atoms with Gasteiger partial charge >= 0.3 is 5.97 Å². The average Bonchev–Trinajstić information content (AvgIpc) is 2.75. The highest BCUT2D eigenvalue weighted by atomic mass is 79.9. The zero-order chi connectivity index (χ0) is 24.3. The van der Waals surface area contributed by atoms with Crippen molar-refractivity contribution in [3.8, 4) is 11.1 Å². The maximum Gasteiger partial charge on any atom is 0.339 e. The largest absolute Gasteiger partial charge is 0.467 e. The lowest BCUT2D eigenvalue weighted by molar-refractivity contribution is -0.164. The first-order valence-corrected chi connectivity index (χ1v) is 11.8. The second kappa shape index (κ2) is 10.1. The van der Waals surface area contributed by atoms with Crippen LogP contribution in [0.25, 0.3) is 11.1 Å². The van der Waals surface area contributed by atoms with Crippen LogP contribution >= 0.6 is 15.9 Å². The third-order valence-electron chi connectivity index (χ3n) is 5.46. The van der Waals surface area contributed by atoms with Crippen LogP contribution in [0.4, 0.5) is 11.4 Å². The van der Waals surface area contributed by atoms with Gasteiger partial charge in [0.1, 0.15) is 0 Å². The molecule has 1 N–H and O–H groups in total. The van der Waals surface area contributed by atoms with Crippen molar-refractivity contribution in [1.82, 2.24) is 0 Å². The highest BCUT2D eigenvalue weighted by Crippen LogP contribution is 2.42. The Labute approximate surface area is 205 Å². The number of rotatable bonds is 6. The fourth-order valence-electron chi connectivity index (χ4n) is 3.90. The minimum Gasteiger partial charge on any atom is -0.467 e. The number of nitrogens with one attached hydrogen (secondary N) is 1. The molecule has 174 valence electrons. The molecular weight excluding hydrogens is 478 g/mol. The summed E-state index contributed by atoms with van der Waals surface area (Å²) in [6.45, 7) is 12.0. The highest BCUT2D eigenvalue weighted by Gasteiger charge is 2.33. The summed E-state index contributed by atoms with van der Waals surface area (Å²) >= 11 is 3.62. The van der Waals surface area contributed by atoms with Gasteiger partial charge < -0.3 is 14.8 Å². The summed E-state index contributed by atoms with van der Waals surface area (Å²) in [7, 11) is 1.40. The summed E-state index contributed by atoms with van der Waals surface area (Å²) < 4.78 is 12.5. The third-order valence-corrected chi connectivity index (χ3v) is 6.16. The van der Waals surface area contributed by atoms with E-state index in [1.807, 2.05) is 52.0 Å². The van der Waals surface area contributed by atoms with E-state index in [4.69, 9.17) is 9.47 Å². The molecule has 0 saturated heterocycles. The lowest BCUT2D eigenvalue weighted by Crippen LogP contribution is -2.29. The van der Waals surface area contributed by atoms with Crippen LogP contribution in [0.3, 0.4) is 0 Å². The molecule has 0 fully saturated rings. The Balaban J connectivity index is 2.29. The number of ether oxygens (including phenoxy) is 2. The Morgan fingerprint density at radius 1 is 0.970 bits per heavy atom. The molecule has 3 aromatic carbocycles. The predicted molar refractivity (Wildman–Crippen MR) is 139 cm³/mol. The van der Waals surface area contributed by atoms with Crippen LogP contribution in [-0.2, 0) is 14.3 Å². The van der Waals surface area contributed by atoms with E-state index in [9.17, 15) is 4.79 Å².